The molecule has 0 unspecified atom stereocenters. The van der Waals surface area contributed by atoms with Crippen LogP contribution in [0.5, 0.6) is 0 Å². The van der Waals surface area contributed by atoms with Crippen molar-refractivity contribution in [3.63, 3.8) is 0 Å². The topological polar surface area (TPSA) is 52.6 Å². The highest BCUT2D eigenvalue weighted by Gasteiger charge is 2.06. The number of hydrogen-bond acceptors (Lipinski definition) is 4. The number of benzene rings is 1. The molecule has 0 aliphatic carbocycles. The average molecular weight is 236 g/mol. The zero-order valence-corrected chi connectivity index (χ0v) is 9.85. The lowest BCUT2D eigenvalue weighted by molar-refractivity contribution is 0.0318. The molecule has 0 fully saturated rings. The van der Waals surface area contributed by atoms with Gasteiger partial charge < -0.3 is 9.47 Å². The summed E-state index contributed by atoms with van der Waals surface area (Å²) in [5, 5.41) is 0. The number of rotatable bonds is 7. The number of hydrogen-bond donors (Lipinski definition) is 0. The largest absolute Gasteiger partial charge is 0.460 e. The van der Waals surface area contributed by atoms with E-state index in [0.717, 1.165) is 12.7 Å². The lowest BCUT2D eigenvalue weighted by atomic mass is 10.1. The summed E-state index contributed by atoms with van der Waals surface area (Å²) in [5.41, 5.74) is 0.971. The van der Waals surface area contributed by atoms with E-state index in [9.17, 15) is 9.59 Å². The minimum absolute atomic E-state index is 0.244. The Labute approximate surface area is 101 Å². The predicted octanol–water partition coefficient (Wildman–Crippen LogP) is 2.08. The number of ether oxygens (including phenoxy) is 2. The molecule has 0 aliphatic heterocycles. The van der Waals surface area contributed by atoms with Gasteiger partial charge in [-0.05, 0) is 18.6 Å². The Hall–Kier alpha value is -1.68. The second kappa shape index (κ2) is 7.57. The minimum atomic E-state index is -0.400. The van der Waals surface area contributed by atoms with Crippen molar-refractivity contribution in [2.24, 2.45) is 0 Å². The molecule has 1 rings (SSSR count). The number of aldehydes is 1. The van der Waals surface area contributed by atoms with Crippen molar-refractivity contribution < 1.29 is 19.1 Å². The van der Waals surface area contributed by atoms with Crippen molar-refractivity contribution in [2.45, 2.75) is 13.3 Å². The molecule has 0 saturated carbocycles. The van der Waals surface area contributed by atoms with E-state index in [1.165, 1.54) is 0 Å². The Morgan fingerprint density at radius 3 is 2.47 bits per heavy atom. The minimum Gasteiger partial charge on any atom is -0.460 e. The van der Waals surface area contributed by atoms with Gasteiger partial charge in [0.1, 0.15) is 12.9 Å². The van der Waals surface area contributed by atoms with Gasteiger partial charge in [-0.3, -0.25) is 4.79 Å². The standard InChI is InChI=1S/C13H16O4/c1-2-7-16-8-9-17-13(15)12-5-3-11(10-14)4-6-12/h3-6,10H,2,7-9H2,1H3. The van der Waals surface area contributed by atoms with Gasteiger partial charge in [0.15, 0.2) is 0 Å². The van der Waals surface area contributed by atoms with Gasteiger partial charge in [-0.25, -0.2) is 4.79 Å². The van der Waals surface area contributed by atoms with E-state index in [1.54, 1.807) is 24.3 Å². The highest BCUT2D eigenvalue weighted by Crippen LogP contribution is 2.04. The first kappa shape index (κ1) is 13.4. The van der Waals surface area contributed by atoms with E-state index in [-0.39, 0.29) is 6.61 Å². The van der Waals surface area contributed by atoms with E-state index >= 15 is 0 Å². The SMILES string of the molecule is CCCOCCOC(=O)c1ccc(C=O)cc1. The predicted molar refractivity (Wildman–Crippen MR) is 63.2 cm³/mol. The van der Waals surface area contributed by atoms with Crippen LogP contribution in [0.4, 0.5) is 0 Å². The first-order valence-electron chi connectivity index (χ1n) is 5.58. The molecule has 1 aromatic carbocycles. The monoisotopic (exact) mass is 236 g/mol. The third-order valence-electron chi connectivity index (χ3n) is 2.09. The zero-order chi connectivity index (χ0) is 12.5. The second-order valence-electron chi connectivity index (χ2n) is 3.49. The first-order valence-corrected chi connectivity index (χ1v) is 5.58. The molecule has 0 amide bonds. The van der Waals surface area contributed by atoms with Crippen LogP contribution in [0.25, 0.3) is 0 Å². The van der Waals surface area contributed by atoms with Crippen LogP contribution < -0.4 is 0 Å². The Morgan fingerprint density at radius 1 is 1.18 bits per heavy atom. The van der Waals surface area contributed by atoms with Gasteiger partial charge in [0.25, 0.3) is 0 Å². The smallest absolute Gasteiger partial charge is 0.338 e. The van der Waals surface area contributed by atoms with Gasteiger partial charge in [-0.2, -0.15) is 0 Å². The highest BCUT2D eigenvalue weighted by molar-refractivity contribution is 5.90. The van der Waals surface area contributed by atoms with Gasteiger partial charge in [-0.1, -0.05) is 19.1 Å². The van der Waals surface area contributed by atoms with Gasteiger partial charge in [0.2, 0.25) is 0 Å². The van der Waals surface area contributed by atoms with E-state index < -0.39 is 5.97 Å². The van der Waals surface area contributed by atoms with Crippen molar-refractivity contribution in [3.05, 3.63) is 35.4 Å². The molecule has 92 valence electrons. The summed E-state index contributed by atoms with van der Waals surface area (Å²) >= 11 is 0. The van der Waals surface area contributed by atoms with E-state index in [4.69, 9.17) is 9.47 Å². The fourth-order valence-electron chi connectivity index (χ4n) is 1.22. The fraction of sp³-hybridized carbons (Fsp3) is 0.385. The Morgan fingerprint density at radius 2 is 1.88 bits per heavy atom. The first-order chi connectivity index (χ1) is 8.27. The summed E-state index contributed by atoms with van der Waals surface area (Å²) < 4.78 is 10.2. The van der Waals surface area contributed by atoms with Gasteiger partial charge in [0, 0.05) is 12.2 Å². The number of esters is 1. The summed E-state index contributed by atoms with van der Waals surface area (Å²) in [5.74, 6) is -0.400. The molecule has 0 N–H and O–H groups in total. The molecule has 0 spiro atoms. The summed E-state index contributed by atoms with van der Waals surface area (Å²) in [4.78, 5) is 21.9. The molecule has 17 heavy (non-hydrogen) atoms. The summed E-state index contributed by atoms with van der Waals surface area (Å²) in [7, 11) is 0. The molecule has 0 radical (unpaired) electrons. The van der Waals surface area contributed by atoms with Crippen LogP contribution in [0.3, 0.4) is 0 Å². The zero-order valence-electron chi connectivity index (χ0n) is 9.85. The van der Waals surface area contributed by atoms with Crippen molar-refractivity contribution in [2.75, 3.05) is 19.8 Å². The maximum Gasteiger partial charge on any atom is 0.338 e. The normalized spacial score (nSPS) is 9.94. The van der Waals surface area contributed by atoms with Crippen LogP contribution in [0, 0.1) is 0 Å². The maximum absolute atomic E-state index is 11.5. The molecule has 0 bridgehead atoms. The lowest BCUT2D eigenvalue weighted by Gasteiger charge is -2.05. The van der Waals surface area contributed by atoms with Crippen LogP contribution in [-0.2, 0) is 9.47 Å². The molecule has 0 saturated heterocycles. The summed E-state index contributed by atoms with van der Waals surface area (Å²) in [6, 6.07) is 6.30. The third kappa shape index (κ3) is 4.78. The second-order valence-corrected chi connectivity index (χ2v) is 3.49. The third-order valence-corrected chi connectivity index (χ3v) is 2.09. The fourth-order valence-corrected chi connectivity index (χ4v) is 1.22. The quantitative estimate of drug-likeness (QED) is 0.413. The van der Waals surface area contributed by atoms with Gasteiger partial charge >= 0.3 is 5.97 Å². The van der Waals surface area contributed by atoms with Gasteiger partial charge in [-0.15, -0.1) is 0 Å². The van der Waals surface area contributed by atoms with Crippen LogP contribution in [-0.4, -0.2) is 32.1 Å². The molecular weight excluding hydrogens is 220 g/mol. The van der Waals surface area contributed by atoms with E-state index in [2.05, 4.69) is 0 Å². The maximum atomic E-state index is 11.5. The van der Waals surface area contributed by atoms with Crippen molar-refractivity contribution in [3.8, 4) is 0 Å². The molecule has 1 aromatic rings. The average Bonchev–Trinajstić information content (AvgIpc) is 2.38. The molecule has 0 atom stereocenters. The molecule has 4 heteroatoms. The molecular formula is C13H16O4. The van der Waals surface area contributed by atoms with Crippen molar-refractivity contribution >= 4 is 12.3 Å². The summed E-state index contributed by atoms with van der Waals surface area (Å²) in [6.07, 6.45) is 1.68. The van der Waals surface area contributed by atoms with Crippen LogP contribution >= 0.6 is 0 Å². The van der Waals surface area contributed by atoms with E-state index in [1.807, 2.05) is 6.92 Å². The number of carbonyl (C=O) groups excluding carboxylic acids is 2. The molecule has 0 aliphatic rings. The van der Waals surface area contributed by atoms with Crippen LogP contribution in [0.1, 0.15) is 34.1 Å². The molecule has 0 aromatic heterocycles. The Kier molecular flexibility index (Phi) is 5.96. The van der Waals surface area contributed by atoms with Crippen LogP contribution in [0.2, 0.25) is 0 Å². The van der Waals surface area contributed by atoms with Crippen LogP contribution in [0.15, 0.2) is 24.3 Å². The molecule has 4 nitrogen and oxygen atoms in total. The molecule has 0 heterocycles. The summed E-state index contributed by atoms with van der Waals surface area (Å²) in [6.45, 7) is 3.34. The highest BCUT2D eigenvalue weighted by atomic mass is 16.6. The Balaban J connectivity index is 2.33. The van der Waals surface area contributed by atoms with Gasteiger partial charge in [0.05, 0.1) is 12.2 Å². The van der Waals surface area contributed by atoms with Crippen molar-refractivity contribution in [1.29, 1.82) is 0 Å². The Bertz CT molecular complexity index is 356. The number of carbonyl (C=O) groups is 2. The van der Waals surface area contributed by atoms with E-state index in [0.29, 0.717) is 24.3 Å². The lowest BCUT2D eigenvalue weighted by Crippen LogP contribution is -2.11. The van der Waals surface area contributed by atoms with Crippen molar-refractivity contribution in [1.82, 2.24) is 0 Å².